The van der Waals surface area contributed by atoms with E-state index in [1.807, 2.05) is 38.1 Å². The van der Waals surface area contributed by atoms with Crippen molar-refractivity contribution >= 4 is 5.91 Å². The third-order valence-electron chi connectivity index (χ3n) is 4.28. The molecular weight excluding hydrogens is 333 g/mol. The van der Waals surface area contributed by atoms with Crippen molar-refractivity contribution in [1.29, 1.82) is 0 Å². The van der Waals surface area contributed by atoms with Crippen LogP contribution in [0.25, 0.3) is 0 Å². The first-order valence-electron chi connectivity index (χ1n) is 8.50. The molecule has 1 N–H and O–H groups in total. The molecule has 2 atom stereocenters. The van der Waals surface area contributed by atoms with Crippen molar-refractivity contribution in [3.05, 3.63) is 29.8 Å². The van der Waals surface area contributed by atoms with Crippen molar-refractivity contribution in [3.63, 3.8) is 0 Å². The highest BCUT2D eigenvalue weighted by molar-refractivity contribution is 5.74. The first kappa shape index (κ1) is 19.6. The monoisotopic (exact) mass is 358 g/mol. The van der Waals surface area contributed by atoms with Crippen molar-refractivity contribution in [3.8, 4) is 5.75 Å². The standard InChI is InChI=1S/C18H25F3N2O2/c1-12(2)25-16-7-5-4-6-14(16)10-22-15-8-9-17(18(19,20)21)23(11-15)13(3)24/h4-7,12,15,17,22H,8-11H2,1-3H3. The first-order chi connectivity index (χ1) is 11.7. The van der Waals surface area contributed by atoms with Crippen LogP contribution in [0.5, 0.6) is 5.75 Å². The van der Waals surface area contributed by atoms with Crippen LogP contribution in [0.4, 0.5) is 13.2 Å². The molecule has 7 heteroatoms. The van der Waals surface area contributed by atoms with Gasteiger partial charge in [0.05, 0.1) is 6.10 Å². The van der Waals surface area contributed by atoms with E-state index in [2.05, 4.69) is 5.32 Å². The van der Waals surface area contributed by atoms with Crippen molar-refractivity contribution in [2.24, 2.45) is 0 Å². The second-order valence-electron chi connectivity index (χ2n) is 6.66. The minimum absolute atomic E-state index is 0.0385. The van der Waals surface area contributed by atoms with Crippen molar-refractivity contribution in [1.82, 2.24) is 10.2 Å². The van der Waals surface area contributed by atoms with Gasteiger partial charge in [0.2, 0.25) is 5.91 Å². The fraction of sp³-hybridized carbons (Fsp3) is 0.611. The number of piperidine rings is 1. The number of nitrogens with one attached hydrogen (secondary N) is 1. The second-order valence-corrected chi connectivity index (χ2v) is 6.66. The van der Waals surface area contributed by atoms with Gasteiger partial charge in [0.1, 0.15) is 11.8 Å². The van der Waals surface area contributed by atoms with Gasteiger partial charge in [-0.15, -0.1) is 0 Å². The number of halogens is 3. The lowest BCUT2D eigenvalue weighted by molar-refractivity contribution is -0.196. The highest BCUT2D eigenvalue weighted by atomic mass is 19.4. The van der Waals surface area contributed by atoms with E-state index in [1.54, 1.807) is 0 Å². The number of amides is 1. The molecule has 0 saturated carbocycles. The van der Waals surface area contributed by atoms with Crippen LogP contribution in [0.1, 0.15) is 39.2 Å². The number of carbonyl (C=O) groups excluding carboxylic acids is 1. The molecule has 1 fully saturated rings. The van der Waals surface area contributed by atoms with Gasteiger partial charge in [0.25, 0.3) is 0 Å². The smallest absolute Gasteiger partial charge is 0.408 e. The van der Waals surface area contributed by atoms with Gasteiger partial charge in [-0.1, -0.05) is 18.2 Å². The summed E-state index contributed by atoms with van der Waals surface area (Å²) in [6.45, 7) is 5.61. The largest absolute Gasteiger partial charge is 0.491 e. The van der Waals surface area contributed by atoms with Gasteiger partial charge in [-0.25, -0.2) is 0 Å². The van der Waals surface area contributed by atoms with E-state index >= 15 is 0 Å². The molecule has 0 spiro atoms. The second kappa shape index (κ2) is 8.08. The molecule has 0 radical (unpaired) electrons. The lowest BCUT2D eigenvalue weighted by Gasteiger charge is -2.40. The van der Waals surface area contributed by atoms with Crippen LogP contribution in [0.2, 0.25) is 0 Å². The van der Waals surface area contributed by atoms with Crippen LogP contribution in [0, 0.1) is 0 Å². The average Bonchev–Trinajstić information content (AvgIpc) is 2.52. The lowest BCUT2D eigenvalue weighted by atomic mass is 9.97. The predicted octanol–water partition coefficient (Wildman–Crippen LogP) is 3.51. The zero-order chi connectivity index (χ0) is 18.6. The summed E-state index contributed by atoms with van der Waals surface area (Å²) in [5, 5.41) is 3.27. The summed E-state index contributed by atoms with van der Waals surface area (Å²) in [6, 6.07) is 5.72. The van der Waals surface area contributed by atoms with E-state index in [1.165, 1.54) is 6.92 Å². The number of hydrogen-bond donors (Lipinski definition) is 1. The molecule has 4 nitrogen and oxygen atoms in total. The quantitative estimate of drug-likeness (QED) is 0.876. The molecule has 1 saturated heterocycles. The Hall–Kier alpha value is -1.76. The molecule has 1 aromatic carbocycles. The van der Waals surface area contributed by atoms with Crippen molar-refractivity contribution in [2.75, 3.05) is 6.54 Å². The summed E-state index contributed by atoms with van der Waals surface area (Å²) in [5.74, 6) is 0.217. The minimum Gasteiger partial charge on any atom is -0.491 e. The van der Waals surface area contributed by atoms with Gasteiger partial charge in [-0.2, -0.15) is 13.2 Å². The van der Waals surface area contributed by atoms with Crippen molar-refractivity contribution < 1.29 is 22.7 Å². The maximum Gasteiger partial charge on any atom is 0.408 e. The molecule has 140 valence electrons. The maximum absolute atomic E-state index is 13.1. The van der Waals surface area contributed by atoms with Gasteiger partial charge >= 0.3 is 6.18 Å². The Labute approximate surface area is 146 Å². The molecule has 0 aliphatic carbocycles. The van der Waals surface area contributed by atoms with E-state index in [0.717, 1.165) is 16.2 Å². The molecule has 2 rings (SSSR count). The first-order valence-corrected chi connectivity index (χ1v) is 8.50. The Morgan fingerprint density at radius 2 is 2.00 bits per heavy atom. The van der Waals surface area contributed by atoms with Crippen LogP contribution < -0.4 is 10.1 Å². The summed E-state index contributed by atoms with van der Waals surface area (Å²) in [5.41, 5.74) is 0.948. The Morgan fingerprint density at radius 3 is 2.60 bits per heavy atom. The summed E-state index contributed by atoms with van der Waals surface area (Å²) < 4.78 is 45.0. The third-order valence-corrected chi connectivity index (χ3v) is 4.28. The number of nitrogens with zero attached hydrogens (tertiary/aromatic N) is 1. The van der Waals surface area contributed by atoms with Crippen LogP contribution in [0.3, 0.4) is 0 Å². The Balaban J connectivity index is 2.00. The molecule has 1 aromatic rings. The highest BCUT2D eigenvalue weighted by Gasteiger charge is 2.47. The molecule has 1 aliphatic heterocycles. The highest BCUT2D eigenvalue weighted by Crippen LogP contribution is 2.32. The normalized spacial score (nSPS) is 21.5. The molecule has 1 amide bonds. The number of ether oxygens (including phenoxy) is 1. The molecule has 2 unspecified atom stereocenters. The van der Waals surface area contributed by atoms with Crippen LogP contribution in [-0.2, 0) is 11.3 Å². The van der Waals surface area contributed by atoms with Gasteiger partial charge in [0, 0.05) is 31.6 Å². The van der Waals surface area contributed by atoms with Crippen LogP contribution in [-0.4, -0.2) is 41.7 Å². The van der Waals surface area contributed by atoms with Gasteiger partial charge in [-0.3, -0.25) is 4.79 Å². The molecular formula is C18H25F3N2O2. The zero-order valence-electron chi connectivity index (χ0n) is 14.8. The summed E-state index contributed by atoms with van der Waals surface area (Å²) in [4.78, 5) is 12.6. The van der Waals surface area contributed by atoms with Crippen LogP contribution in [0.15, 0.2) is 24.3 Å². The average molecular weight is 358 g/mol. The molecule has 0 bridgehead atoms. The Bertz CT molecular complexity index is 590. The minimum atomic E-state index is -4.38. The number of benzene rings is 1. The van der Waals surface area contributed by atoms with Gasteiger partial charge < -0.3 is 15.0 Å². The zero-order valence-corrected chi connectivity index (χ0v) is 14.8. The maximum atomic E-state index is 13.1. The fourth-order valence-corrected chi connectivity index (χ4v) is 3.10. The van der Waals surface area contributed by atoms with E-state index in [9.17, 15) is 18.0 Å². The van der Waals surface area contributed by atoms with Gasteiger partial charge in [0.15, 0.2) is 0 Å². The van der Waals surface area contributed by atoms with E-state index in [0.29, 0.717) is 13.0 Å². The number of alkyl halides is 3. The van der Waals surface area contributed by atoms with E-state index in [4.69, 9.17) is 4.74 Å². The molecule has 25 heavy (non-hydrogen) atoms. The third kappa shape index (κ3) is 5.36. The number of likely N-dealkylation sites (tertiary alicyclic amines) is 1. The summed E-state index contributed by atoms with van der Waals surface area (Å²) in [6.07, 6.45) is -4.04. The fourth-order valence-electron chi connectivity index (χ4n) is 3.10. The van der Waals surface area contributed by atoms with Crippen molar-refractivity contribution in [2.45, 2.75) is 64.5 Å². The van der Waals surface area contributed by atoms with Gasteiger partial charge in [-0.05, 0) is 32.8 Å². The Kier molecular flexibility index (Phi) is 6.32. The number of carbonyl (C=O) groups is 1. The summed E-state index contributed by atoms with van der Waals surface area (Å²) >= 11 is 0. The predicted molar refractivity (Wildman–Crippen MR) is 89.3 cm³/mol. The Morgan fingerprint density at radius 1 is 1.32 bits per heavy atom. The van der Waals surface area contributed by atoms with E-state index in [-0.39, 0.29) is 25.1 Å². The molecule has 1 aliphatic rings. The molecule has 1 heterocycles. The number of hydrogen-bond acceptors (Lipinski definition) is 3. The lowest BCUT2D eigenvalue weighted by Crippen LogP contribution is -2.57. The number of para-hydroxylation sites is 1. The SMILES string of the molecule is CC(=O)N1CC(NCc2ccccc2OC(C)C)CCC1C(F)(F)F. The van der Waals surface area contributed by atoms with E-state index < -0.39 is 18.1 Å². The topological polar surface area (TPSA) is 41.6 Å². The summed E-state index contributed by atoms with van der Waals surface area (Å²) in [7, 11) is 0. The molecule has 0 aromatic heterocycles. The van der Waals surface area contributed by atoms with Crippen LogP contribution >= 0.6 is 0 Å². The number of rotatable bonds is 5.